The van der Waals surface area contributed by atoms with E-state index in [4.69, 9.17) is 0 Å². The van der Waals surface area contributed by atoms with Gasteiger partial charge in [-0.25, -0.2) is 0 Å². The Morgan fingerprint density at radius 3 is 1.85 bits per heavy atom. The molecule has 0 aliphatic rings. The smallest absolute Gasteiger partial charge is 0.00730 e. The maximum Gasteiger partial charge on any atom is 0.00730 e. The molecular formula is C11H28N2. The van der Waals surface area contributed by atoms with E-state index in [-0.39, 0.29) is 0 Å². The van der Waals surface area contributed by atoms with Crippen LogP contribution in [0.5, 0.6) is 0 Å². The van der Waals surface area contributed by atoms with Crippen LogP contribution >= 0.6 is 0 Å². The first-order valence-electron chi connectivity index (χ1n) is 5.43. The highest BCUT2D eigenvalue weighted by Gasteiger charge is 2.04. The molecule has 0 aromatic heterocycles. The highest BCUT2D eigenvalue weighted by atomic mass is 15.1. The first-order valence-corrected chi connectivity index (χ1v) is 5.43. The van der Waals surface area contributed by atoms with Crippen molar-refractivity contribution in [1.82, 2.24) is 9.80 Å². The quantitative estimate of drug-likeness (QED) is 0.653. The van der Waals surface area contributed by atoms with Gasteiger partial charge < -0.3 is 9.80 Å². The number of nitrogens with zero attached hydrogens (tertiary/aromatic N) is 2. The standard InChI is InChI=1S/C9H22N2.C2H6/c1-6-11(5)8-7-9(2)10(3)4;1-2/h9H,6-8H2,1-5H3;1-2H3. The predicted octanol–water partition coefficient (Wildman–Crippen LogP) is 2.30. The maximum absolute atomic E-state index is 2.35. The third-order valence-corrected chi connectivity index (χ3v) is 2.35. The van der Waals surface area contributed by atoms with Crippen LogP contribution in [0.25, 0.3) is 0 Å². The van der Waals surface area contributed by atoms with Crippen molar-refractivity contribution < 1.29 is 0 Å². The number of hydrogen-bond donors (Lipinski definition) is 0. The van der Waals surface area contributed by atoms with Gasteiger partial charge in [-0.15, -0.1) is 0 Å². The molecule has 82 valence electrons. The first-order chi connectivity index (χ1) is 6.07. The van der Waals surface area contributed by atoms with Gasteiger partial charge in [0.25, 0.3) is 0 Å². The van der Waals surface area contributed by atoms with Crippen molar-refractivity contribution in [3.05, 3.63) is 0 Å². The molecule has 0 radical (unpaired) electrons. The van der Waals surface area contributed by atoms with Crippen LogP contribution in [0.2, 0.25) is 0 Å². The third-order valence-electron chi connectivity index (χ3n) is 2.35. The van der Waals surface area contributed by atoms with Gasteiger partial charge in [0, 0.05) is 6.04 Å². The monoisotopic (exact) mass is 188 g/mol. The highest BCUT2D eigenvalue weighted by molar-refractivity contribution is 4.61. The van der Waals surface area contributed by atoms with E-state index in [1.807, 2.05) is 13.8 Å². The Kier molecular flexibility index (Phi) is 11.8. The molecule has 0 saturated heterocycles. The number of rotatable bonds is 5. The van der Waals surface area contributed by atoms with E-state index < -0.39 is 0 Å². The molecule has 0 aliphatic carbocycles. The van der Waals surface area contributed by atoms with E-state index in [9.17, 15) is 0 Å². The van der Waals surface area contributed by atoms with Crippen LogP contribution < -0.4 is 0 Å². The Morgan fingerprint density at radius 2 is 1.54 bits per heavy atom. The Morgan fingerprint density at radius 1 is 1.08 bits per heavy atom. The van der Waals surface area contributed by atoms with Gasteiger partial charge in [0.05, 0.1) is 0 Å². The fourth-order valence-corrected chi connectivity index (χ4v) is 0.824. The molecule has 1 atom stereocenters. The van der Waals surface area contributed by atoms with Gasteiger partial charge in [-0.3, -0.25) is 0 Å². The Labute approximate surface area is 84.9 Å². The van der Waals surface area contributed by atoms with Crippen LogP contribution in [0.15, 0.2) is 0 Å². The summed E-state index contributed by atoms with van der Waals surface area (Å²) in [7, 11) is 6.44. The lowest BCUT2D eigenvalue weighted by Gasteiger charge is -2.22. The SMILES string of the molecule is CC.CCN(C)CCC(C)N(C)C. The molecule has 0 bridgehead atoms. The fraction of sp³-hybridized carbons (Fsp3) is 1.00. The molecule has 0 saturated carbocycles. The molecule has 0 aromatic rings. The summed E-state index contributed by atoms with van der Waals surface area (Å²) in [6, 6.07) is 0.698. The van der Waals surface area contributed by atoms with Gasteiger partial charge in [-0.05, 0) is 47.6 Å². The van der Waals surface area contributed by atoms with Gasteiger partial charge >= 0.3 is 0 Å². The first kappa shape index (κ1) is 15.4. The summed E-state index contributed by atoms with van der Waals surface area (Å²) in [6.07, 6.45) is 1.26. The minimum Gasteiger partial charge on any atom is -0.307 e. The van der Waals surface area contributed by atoms with Crippen LogP contribution in [0, 0.1) is 0 Å². The van der Waals surface area contributed by atoms with E-state index >= 15 is 0 Å². The summed E-state index contributed by atoms with van der Waals surface area (Å²) in [6.45, 7) is 10.8. The van der Waals surface area contributed by atoms with Gasteiger partial charge in [0.2, 0.25) is 0 Å². The topological polar surface area (TPSA) is 6.48 Å². The van der Waals surface area contributed by atoms with Crippen molar-refractivity contribution in [3.63, 3.8) is 0 Å². The lowest BCUT2D eigenvalue weighted by molar-refractivity contribution is 0.254. The molecule has 2 nitrogen and oxygen atoms in total. The molecule has 0 rings (SSSR count). The molecule has 0 fully saturated rings. The van der Waals surface area contributed by atoms with Gasteiger partial charge in [0.1, 0.15) is 0 Å². The Hall–Kier alpha value is -0.0800. The minimum absolute atomic E-state index is 0.698. The minimum atomic E-state index is 0.698. The largest absolute Gasteiger partial charge is 0.307 e. The van der Waals surface area contributed by atoms with Crippen LogP contribution in [0.3, 0.4) is 0 Å². The average molecular weight is 188 g/mol. The van der Waals surface area contributed by atoms with E-state index in [2.05, 4.69) is 44.8 Å². The second kappa shape index (κ2) is 10.0. The van der Waals surface area contributed by atoms with Crippen molar-refractivity contribution in [3.8, 4) is 0 Å². The van der Waals surface area contributed by atoms with Crippen LogP contribution in [-0.4, -0.2) is 50.1 Å². The summed E-state index contributed by atoms with van der Waals surface area (Å²) in [5.74, 6) is 0. The van der Waals surface area contributed by atoms with Crippen molar-refractivity contribution >= 4 is 0 Å². The second-order valence-electron chi connectivity index (χ2n) is 3.50. The molecule has 0 amide bonds. The van der Waals surface area contributed by atoms with Crippen LogP contribution in [0.4, 0.5) is 0 Å². The summed E-state index contributed by atoms with van der Waals surface area (Å²) >= 11 is 0. The van der Waals surface area contributed by atoms with Crippen molar-refractivity contribution in [2.45, 2.75) is 40.2 Å². The lowest BCUT2D eigenvalue weighted by atomic mass is 10.2. The summed E-state index contributed by atoms with van der Waals surface area (Å²) in [4.78, 5) is 4.61. The Bertz CT molecular complexity index is 92.1. The maximum atomic E-state index is 2.35. The molecule has 0 heterocycles. The second-order valence-corrected chi connectivity index (χ2v) is 3.50. The van der Waals surface area contributed by atoms with Gasteiger partial charge in [-0.2, -0.15) is 0 Å². The molecule has 0 aliphatic heterocycles. The normalized spacial score (nSPS) is 12.7. The summed E-state index contributed by atoms with van der Waals surface area (Å²) < 4.78 is 0. The molecule has 2 heteroatoms. The zero-order valence-electron chi connectivity index (χ0n) is 10.6. The molecule has 13 heavy (non-hydrogen) atoms. The average Bonchev–Trinajstić information content (AvgIpc) is 2.16. The van der Waals surface area contributed by atoms with E-state index in [0.29, 0.717) is 6.04 Å². The van der Waals surface area contributed by atoms with Crippen LogP contribution in [0.1, 0.15) is 34.1 Å². The molecule has 0 N–H and O–H groups in total. The van der Waals surface area contributed by atoms with Crippen molar-refractivity contribution in [2.75, 3.05) is 34.2 Å². The zero-order chi connectivity index (χ0) is 10.9. The molecule has 0 aromatic carbocycles. The summed E-state index contributed by atoms with van der Waals surface area (Å²) in [5, 5.41) is 0. The zero-order valence-corrected chi connectivity index (χ0v) is 10.6. The van der Waals surface area contributed by atoms with E-state index in [1.54, 1.807) is 0 Å². The molecular weight excluding hydrogens is 160 g/mol. The molecule has 1 unspecified atom stereocenters. The predicted molar refractivity (Wildman–Crippen MR) is 62.3 cm³/mol. The van der Waals surface area contributed by atoms with Crippen molar-refractivity contribution in [2.24, 2.45) is 0 Å². The van der Waals surface area contributed by atoms with Gasteiger partial charge in [0.15, 0.2) is 0 Å². The van der Waals surface area contributed by atoms with Crippen molar-refractivity contribution in [1.29, 1.82) is 0 Å². The van der Waals surface area contributed by atoms with Gasteiger partial charge in [-0.1, -0.05) is 20.8 Å². The van der Waals surface area contributed by atoms with E-state index in [0.717, 1.165) is 6.54 Å². The lowest BCUT2D eigenvalue weighted by Crippen LogP contribution is -2.29. The van der Waals surface area contributed by atoms with E-state index in [1.165, 1.54) is 13.0 Å². The number of hydrogen-bond acceptors (Lipinski definition) is 2. The third kappa shape index (κ3) is 9.84. The highest BCUT2D eigenvalue weighted by Crippen LogP contribution is 1.98. The summed E-state index contributed by atoms with van der Waals surface area (Å²) in [5.41, 5.74) is 0. The fourth-order valence-electron chi connectivity index (χ4n) is 0.824. The molecule has 0 spiro atoms. The Balaban J connectivity index is 0. The van der Waals surface area contributed by atoms with Crippen LogP contribution in [-0.2, 0) is 0 Å².